The molecule has 0 saturated heterocycles. The van der Waals surface area contributed by atoms with E-state index in [0.29, 0.717) is 11.6 Å². The number of aliphatic imine (C=N–C) groups is 1. The molecule has 1 fully saturated rings. The van der Waals surface area contributed by atoms with E-state index in [1.165, 1.54) is 18.4 Å². The predicted molar refractivity (Wildman–Crippen MR) is 105 cm³/mol. The summed E-state index contributed by atoms with van der Waals surface area (Å²) in [4.78, 5) is 19.2. The van der Waals surface area contributed by atoms with Crippen LogP contribution in [0.3, 0.4) is 0 Å². The molecule has 0 aromatic heterocycles. The first-order valence-electron chi connectivity index (χ1n) is 9.04. The van der Waals surface area contributed by atoms with Crippen LogP contribution in [0, 0.1) is 20.8 Å². The number of carbonyl (C=O) groups excluding carboxylic acids is 1. The Labute approximate surface area is 155 Å². The Morgan fingerprint density at radius 3 is 2.50 bits per heavy atom. The quantitative estimate of drug-likeness (QED) is 0.430. The highest BCUT2D eigenvalue weighted by Gasteiger charge is 2.24. The number of ether oxygens (including phenoxy) is 1. The monoisotopic (exact) mass is 350 g/mol. The highest BCUT2D eigenvalue weighted by molar-refractivity contribution is 5.92. The maximum absolute atomic E-state index is 12.5. The van der Waals surface area contributed by atoms with Gasteiger partial charge in [0.05, 0.1) is 17.6 Å². The van der Waals surface area contributed by atoms with Gasteiger partial charge in [0, 0.05) is 13.1 Å². The second-order valence-electron chi connectivity index (χ2n) is 7.16. The summed E-state index contributed by atoms with van der Waals surface area (Å²) in [6.45, 7) is 6.21. The molecule has 4 nitrogen and oxygen atoms in total. The van der Waals surface area contributed by atoms with Crippen LogP contribution >= 0.6 is 0 Å². The molecule has 2 aromatic carbocycles. The molecular formula is C22H26N2O2. The molecule has 0 unspecified atom stereocenters. The summed E-state index contributed by atoms with van der Waals surface area (Å²) in [5, 5.41) is 0. The lowest BCUT2D eigenvalue weighted by Gasteiger charge is -2.13. The van der Waals surface area contributed by atoms with Crippen LogP contribution in [-0.2, 0) is 11.3 Å². The van der Waals surface area contributed by atoms with Crippen molar-refractivity contribution in [2.75, 3.05) is 7.05 Å². The minimum atomic E-state index is -0.295. The summed E-state index contributed by atoms with van der Waals surface area (Å²) in [6, 6.07) is 12.5. The predicted octanol–water partition coefficient (Wildman–Crippen LogP) is 4.72. The van der Waals surface area contributed by atoms with Crippen molar-refractivity contribution < 1.29 is 9.53 Å². The molecule has 0 radical (unpaired) electrons. The maximum Gasteiger partial charge on any atom is 0.338 e. The van der Waals surface area contributed by atoms with Crippen LogP contribution in [0.2, 0.25) is 0 Å². The molecule has 0 amide bonds. The van der Waals surface area contributed by atoms with Crippen molar-refractivity contribution in [3.8, 4) is 0 Å². The van der Waals surface area contributed by atoms with Gasteiger partial charge in [-0.2, -0.15) is 0 Å². The largest absolute Gasteiger partial charge is 0.457 e. The molecule has 0 aliphatic heterocycles. The average molecular weight is 350 g/mol. The highest BCUT2D eigenvalue weighted by atomic mass is 16.5. The molecule has 0 heterocycles. The average Bonchev–Trinajstić information content (AvgIpc) is 3.46. The summed E-state index contributed by atoms with van der Waals surface area (Å²) >= 11 is 0. The normalized spacial score (nSPS) is 13.8. The molecule has 1 aliphatic carbocycles. The van der Waals surface area contributed by atoms with E-state index in [1.54, 1.807) is 0 Å². The van der Waals surface area contributed by atoms with Crippen molar-refractivity contribution in [2.45, 2.75) is 46.3 Å². The number of benzene rings is 2. The highest BCUT2D eigenvalue weighted by Crippen LogP contribution is 2.26. The number of rotatable bonds is 6. The van der Waals surface area contributed by atoms with Gasteiger partial charge in [0.1, 0.15) is 6.61 Å². The molecule has 0 spiro atoms. The van der Waals surface area contributed by atoms with E-state index in [2.05, 4.69) is 16.9 Å². The smallest absolute Gasteiger partial charge is 0.338 e. The maximum atomic E-state index is 12.5. The fourth-order valence-corrected chi connectivity index (χ4v) is 2.80. The summed E-state index contributed by atoms with van der Waals surface area (Å²) in [5.74, 6) is -0.295. The number of aryl methyl sites for hydroxylation is 3. The molecule has 136 valence electrons. The molecule has 4 heteroatoms. The molecule has 1 saturated carbocycles. The number of hydrogen-bond donors (Lipinski definition) is 0. The van der Waals surface area contributed by atoms with Crippen molar-refractivity contribution in [1.82, 2.24) is 4.90 Å². The van der Waals surface area contributed by atoms with Crippen molar-refractivity contribution >= 4 is 18.0 Å². The van der Waals surface area contributed by atoms with Crippen LogP contribution in [0.15, 0.2) is 41.4 Å². The molecule has 2 aromatic rings. The SMILES string of the molecule is Cc1ccc(COC(=O)c2cc(C)c(/N=C/N(C)C3CC3)cc2C)cc1. The third-order valence-electron chi connectivity index (χ3n) is 4.76. The van der Waals surface area contributed by atoms with Gasteiger partial charge in [-0.05, 0) is 62.4 Å². The first-order valence-corrected chi connectivity index (χ1v) is 9.04. The zero-order valence-corrected chi connectivity index (χ0v) is 16.0. The first-order chi connectivity index (χ1) is 12.4. The molecule has 26 heavy (non-hydrogen) atoms. The fourth-order valence-electron chi connectivity index (χ4n) is 2.80. The topological polar surface area (TPSA) is 41.9 Å². The van der Waals surface area contributed by atoms with Crippen molar-refractivity contribution in [2.24, 2.45) is 4.99 Å². The van der Waals surface area contributed by atoms with Crippen LogP contribution in [0.1, 0.15) is 45.5 Å². The Morgan fingerprint density at radius 1 is 1.15 bits per heavy atom. The van der Waals surface area contributed by atoms with Gasteiger partial charge in [0.25, 0.3) is 0 Å². The second-order valence-corrected chi connectivity index (χ2v) is 7.16. The third-order valence-corrected chi connectivity index (χ3v) is 4.76. The van der Waals surface area contributed by atoms with Gasteiger partial charge in [-0.25, -0.2) is 9.79 Å². The van der Waals surface area contributed by atoms with E-state index in [9.17, 15) is 4.79 Å². The lowest BCUT2D eigenvalue weighted by Crippen LogP contribution is -2.17. The minimum absolute atomic E-state index is 0.281. The Balaban J connectivity index is 1.68. The van der Waals surface area contributed by atoms with Crippen LogP contribution in [0.5, 0.6) is 0 Å². The first kappa shape index (κ1) is 18.2. The Hall–Kier alpha value is -2.62. The summed E-state index contributed by atoms with van der Waals surface area (Å²) in [6.07, 6.45) is 4.37. The summed E-state index contributed by atoms with van der Waals surface area (Å²) in [5.41, 5.74) is 5.52. The summed E-state index contributed by atoms with van der Waals surface area (Å²) < 4.78 is 5.48. The third kappa shape index (κ3) is 4.51. The van der Waals surface area contributed by atoms with Gasteiger partial charge in [-0.1, -0.05) is 29.8 Å². The van der Waals surface area contributed by atoms with Crippen LogP contribution in [0.25, 0.3) is 0 Å². The van der Waals surface area contributed by atoms with E-state index in [0.717, 1.165) is 22.4 Å². The molecular weight excluding hydrogens is 324 g/mol. The number of esters is 1. The Bertz CT molecular complexity index is 821. The van der Waals surface area contributed by atoms with Gasteiger partial charge >= 0.3 is 5.97 Å². The number of carbonyl (C=O) groups is 1. The van der Waals surface area contributed by atoms with Gasteiger partial charge in [-0.15, -0.1) is 0 Å². The van der Waals surface area contributed by atoms with E-state index in [1.807, 2.05) is 63.5 Å². The zero-order chi connectivity index (χ0) is 18.7. The lowest BCUT2D eigenvalue weighted by atomic mass is 10.0. The number of nitrogens with zero attached hydrogens (tertiary/aromatic N) is 2. The van der Waals surface area contributed by atoms with E-state index in [-0.39, 0.29) is 12.6 Å². The van der Waals surface area contributed by atoms with Crippen LogP contribution in [0.4, 0.5) is 5.69 Å². The van der Waals surface area contributed by atoms with Gasteiger partial charge in [-0.3, -0.25) is 0 Å². The molecule has 0 atom stereocenters. The Morgan fingerprint density at radius 2 is 1.85 bits per heavy atom. The molecule has 0 bridgehead atoms. The summed E-state index contributed by atoms with van der Waals surface area (Å²) in [7, 11) is 2.06. The van der Waals surface area contributed by atoms with E-state index >= 15 is 0 Å². The lowest BCUT2D eigenvalue weighted by molar-refractivity contribution is 0.0472. The van der Waals surface area contributed by atoms with E-state index < -0.39 is 0 Å². The van der Waals surface area contributed by atoms with Crippen LogP contribution < -0.4 is 0 Å². The molecule has 1 aliphatic rings. The van der Waals surface area contributed by atoms with Crippen LogP contribution in [-0.4, -0.2) is 30.3 Å². The standard InChI is InChI=1S/C22H26N2O2/c1-15-5-7-18(8-6-15)13-26-22(25)20-11-17(3)21(12-16(20)2)23-14-24(4)19-9-10-19/h5-8,11-12,14,19H,9-10,13H2,1-4H3/b23-14+. The van der Waals surface area contributed by atoms with Crippen molar-refractivity contribution in [1.29, 1.82) is 0 Å². The molecule has 0 N–H and O–H groups in total. The van der Waals surface area contributed by atoms with Crippen molar-refractivity contribution in [3.05, 3.63) is 64.2 Å². The van der Waals surface area contributed by atoms with Gasteiger partial charge < -0.3 is 9.64 Å². The Kier molecular flexibility index (Phi) is 5.40. The molecule has 3 rings (SSSR count). The van der Waals surface area contributed by atoms with Gasteiger partial charge in [0.2, 0.25) is 0 Å². The van der Waals surface area contributed by atoms with Gasteiger partial charge in [0.15, 0.2) is 0 Å². The van der Waals surface area contributed by atoms with E-state index in [4.69, 9.17) is 4.74 Å². The zero-order valence-electron chi connectivity index (χ0n) is 16.0. The fraction of sp³-hybridized carbons (Fsp3) is 0.364. The van der Waals surface area contributed by atoms with Crippen molar-refractivity contribution in [3.63, 3.8) is 0 Å². The number of hydrogen-bond acceptors (Lipinski definition) is 3. The second kappa shape index (κ2) is 7.73. The minimum Gasteiger partial charge on any atom is -0.457 e.